The Labute approximate surface area is 156 Å². The minimum absolute atomic E-state index is 0.121. The van der Waals surface area contributed by atoms with Crippen molar-refractivity contribution in [3.8, 4) is 5.75 Å². The maximum atomic E-state index is 12.9. The summed E-state index contributed by atoms with van der Waals surface area (Å²) in [5.74, 6) is 1.10. The number of fused-ring (bicyclic) bond motifs is 2. The summed E-state index contributed by atoms with van der Waals surface area (Å²) in [5, 5.41) is 14.5. The molecule has 0 aromatic heterocycles. The van der Waals surface area contributed by atoms with Gasteiger partial charge in [0.1, 0.15) is 12.3 Å². The van der Waals surface area contributed by atoms with E-state index in [0.29, 0.717) is 30.7 Å². The molecule has 1 aromatic carbocycles. The van der Waals surface area contributed by atoms with Gasteiger partial charge in [-0.2, -0.15) is 0 Å². The first kappa shape index (κ1) is 17.7. The van der Waals surface area contributed by atoms with E-state index in [-0.39, 0.29) is 36.3 Å². The average molecular weight is 374 g/mol. The van der Waals surface area contributed by atoms with E-state index in [1.54, 1.807) is 0 Å². The maximum Gasteiger partial charge on any atom is 0.271 e. The standard InChI is InChI=1S/C18H22N4O5/c23-17(20-5-3-12-8-19-9-13(12)4-6-20)10-21-15-7-14(22(25)26)1-2-16(15)27-11-18(21)24/h1-2,7,12-13,19H,3-6,8-11H2/t12-,13+. The number of hydrogen-bond donors (Lipinski definition) is 1. The number of rotatable bonds is 3. The number of carbonyl (C=O) groups is 2. The van der Waals surface area contributed by atoms with Crippen molar-refractivity contribution in [1.29, 1.82) is 0 Å². The van der Waals surface area contributed by atoms with Gasteiger partial charge in [0, 0.05) is 25.2 Å². The topological polar surface area (TPSA) is 105 Å². The van der Waals surface area contributed by atoms with Crippen LogP contribution in [0.25, 0.3) is 0 Å². The van der Waals surface area contributed by atoms with Gasteiger partial charge in [0.25, 0.3) is 11.6 Å². The van der Waals surface area contributed by atoms with E-state index >= 15 is 0 Å². The van der Waals surface area contributed by atoms with Gasteiger partial charge in [0.15, 0.2) is 6.61 Å². The van der Waals surface area contributed by atoms with E-state index in [9.17, 15) is 19.7 Å². The fraction of sp³-hybridized carbons (Fsp3) is 0.556. The van der Waals surface area contributed by atoms with Crippen molar-refractivity contribution < 1.29 is 19.2 Å². The van der Waals surface area contributed by atoms with Crippen LogP contribution in [-0.2, 0) is 9.59 Å². The molecule has 0 radical (unpaired) electrons. The summed E-state index contributed by atoms with van der Waals surface area (Å²) in [6.45, 7) is 3.08. The number of benzene rings is 1. The third kappa shape index (κ3) is 3.46. The van der Waals surface area contributed by atoms with E-state index in [0.717, 1.165) is 25.9 Å². The lowest BCUT2D eigenvalue weighted by Gasteiger charge is -2.31. The van der Waals surface area contributed by atoms with E-state index in [1.165, 1.54) is 23.1 Å². The number of anilines is 1. The summed E-state index contributed by atoms with van der Waals surface area (Å²) in [7, 11) is 0. The molecule has 3 heterocycles. The molecule has 27 heavy (non-hydrogen) atoms. The molecule has 0 saturated carbocycles. The van der Waals surface area contributed by atoms with Crippen LogP contribution in [0.1, 0.15) is 12.8 Å². The molecule has 3 aliphatic rings. The monoisotopic (exact) mass is 374 g/mol. The number of non-ortho nitro benzene ring substituents is 1. The fourth-order valence-electron chi connectivity index (χ4n) is 4.18. The molecule has 0 spiro atoms. The number of carbonyl (C=O) groups excluding carboxylic acids is 2. The van der Waals surface area contributed by atoms with Crippen molar-refractivity contribution in [2.45, 2.75) is 12.8 Å². The van der Waals surface area contributed by atoms with Gasteiger partial charge in [-0.1, -0.05) is 0 Å². The smallest absolute Gasteiger partial charge is 0.271 e. The molecule has 2 fully saturated rings. The molecule has 1 aromatic rings. The second-order valence-electron chi connectivity index (χ2n) is 7.31. The van der Waals surface area contributed by atoms with Gasteiger partial charge in [0.2, 0.25) is 5.91 Å². The molecular weight excluding hydrogens is 352 g/mol. The Bertz CT molecular complexity index is 769. The van der Waals surface area contributed by atoms with Crippen molar-refractivity contribution >= 4 is 23.2 Å². The molecule has 4 rings (SSSR count). The number of nitro benzene ring substituents is 1. The van der Waals surface area contributed by atoms with E-state index in [1.807, 2.05) is 4.90 Å². The number of amides is 2. The first-order valence-corrected chi connectivity index (χ1v) is 9.23. The lowest BCUT2D eigenvalue weighted by Crippen LogP contribution is -2.46. The van der Waals surface area contributed by atoms with Crippen LogP contribution in [0.4, 0.5) is 11.4 Å². The Morgan fingerprint density at radius 3 is 2.63 bits per heavy atom. The molecule has 144 valence electrons. The SMILES string of the molecule is O=C(CN1C(=O)COc2ccc([N+](=O)[O-])cc21)N1CC[C@@H]2CNC[C@@H]2CC1. The van der Waals surface area contributed by atoms with E-state index in [2.05, 4.69) is 5.32 Å². The first-order chi connectivity index (χ1) is 13.0. The number of hydrogen-bond acceptors (Lipinski definition) is 6. The Morgan fingerprint density at radius 2 is 1.96 bits per heavy atom. The van der Waals surface area contributed by atoms with Gasteiger partial charge in [-0.3, -0.25) is 24.6 Å². The molecule has 9 heteroatoms. The Balaban J connectivity index is 1.50. The number of likely N-dealkylation sites (tertiary alicyclic amines) is 1. The average Bonchev–Trinajstić information content (AvgIpc) is 3.01. The first-order valence-electron chi connectivity index (χ1n) is 9.23. The molecule has 0 aliphatic carbocycles. The Morgan fingerprint density at radius 1 is 1.26 bits per heavy atom. The predicted octanol–water partition coefficient (Wildman–Crippen LogP) is 0.778. The number of nitrogens with zero attached hydrogens (tertiary/aromatic N) is 3. The molecular formula is C18H22N4O5. The second-order valence-corrected chi connectivity index (χ2v) is 7.31. The normalized spacial score (nSPS) is 24.7. The highest BCUT2D eigenvalue weighted by Crippen LogP contribution is 2.35. The summed E-state index contributed by atoms with van der Waals surface area (Å²) in [6, 6.07) is 4.09. The van der Waals surface area contributed by atoms with Crippen LogP contribution in [0.5, 0.6) is 5.75 Å². The minimum atomic E-state index is -0.527. The van der Waals surface area contributed by atoms with E-state index < -0.39 is 4.92 Å². The summed E-state index contributed by atoms with van der Waals surface area (Å²) < 4.78 is 5.35. The van der Waals surface area contributed by atoms with Crippen molar-refractivity contribution in [3.63, 3.8) is 0 Å². The summed E-state index contributed by atoms with van der Waals surface area (Å²) in [4.78, 5) is 38.8. The highest BCUT2D eigenvalue weighted by molar-refractivity contribution is 6.02. The predicted molar refractivity (Wildman–Crippen MR) is 96.6 cm³/mol. The van der Waals surface area contributed by atoms with Gasteiger partial charge in [-0.25, -0.2) is 0 Å². The second kappa shape index (κ2) is 7.15. The van der Waals surface area contributed by atoms with Crippen molar-refractivity contribution in [2.75, 3.05) is 44.2 Å². The molecule has 2 saturated heterocycles. The molecule has 9 nitrogen and oxygen atoms in total. The number of nitro groups is 1. The zero-order valence-corrected chi connectivity index (χ0v) is 14.9. The number of nitrogens with one attached hydrogen (secondary N) is 1. The van der Waals surface area contributed by atoms with Crippen molar-refractivity contribution in [2.24, 2.45) is 11.8 Å². The van der Waals surface area contributed by atoms with Crippen LogP contribution < -0.4 is 15.0 Å². The lowest BCUT2D eigenvalue weighted by molar-refractivity contribution is -0.384. The van der Waals surface area contributed by atoms with Crippen molar-refractivity contribution in [1.82, 2.24) is 10.2 Å². The summed E-state index contributed by atoms with van der Waals surface area (Å²) >= 11 is 0. The Kier molecular flexibility index (Phi) is 4.69. The quantitative estimate of drug-likeness (QED) is 0.619. The van der Waals surface area contributed by atoms with Crippen LogP contribution in [0.2, 0.25) is 0 Å². The van der Waals surface area contributed by atoms with Gasteiger partial charge >= 0.3 is 0 Å². The highest BCUT2D eigenvalue weighted by atomic mass is 16.6. The van der Waals surface area contributed by atoms with Crippen LogP contribution in [-0.4, -0.2) is 61.0 Å². The zero-order chi connectivity index (χ0) is 19.0. The highest BCUT2D eigenvalue weighted by Gasteiger charge is 2.34. The third-order valence-corrected chi connectivity index (χ3v) is 5.76. The molecule has 2 amide bonds. The van der Waals surface area contributed by atoms with Gasteiger partial charge in [-0.15, -0.1) is 0 Å². The largest absolute Gasteiger partial charge is 0.482 e. The lowest BCUT2D eigenvalue weighted by atomic mass is 9.92. The number of ether oxygens (including phenoxy) is 1. The molecule has 0 unspecified atom stereocenters. The molecule has 0 bridgehead atoms. The molecule has 1 N–H and O–H groups in total. The molecule has 2 atom stereocenters. The van der Waals surface area contributed by atoms with Crippen LogP contribution in [0, 0.1) is 22.0 Å². The minimum Gasteiger partial charge on any atom is -0.482 e. The van der Waals surface area contributed by atoms with Crippen LogP contribution >= 0.6 is 0 Å². The van der Waals surface area contributed by atoms with Crippen LogP contribution in [0.3, 0.4) is 0 Å². The summed E-state index contributed by atoms with van der Waals surface area (Å²) in [5.41, 5.74) is 0.143. The summed E-state index contributed by atoms with van der Waals surface area (Å²) in [6.07, 6.45) is 1.92. The van der Waals surface area contributed by atoms with Gasteiger partial charge < -0.3 is 15.0 Å². The van der Waals surface area contributed by atoms with E-state index in [4.69, 9.17) is 4.74 Å². The van der Waals surface area contributed by atoms with Gasteiger partial charge in [-0.05, 0) is 43.8 Å². The van der Waals surface area contributed by atoms with Gasteiger partial charge in [0.05, 0.1) is 10.6 Å². The Hall–Kier alpha value is -2.68. The fourth-order valence-corrected chi connectivity index (χ4v) is 4.18. The third-order valence-electron chi connectivity index (χ3n) is 5.76. The van der Waals surface area contributed by atoms with Crippen molar-refractivity contribution in [3.05, 3.63) is 28.3 Å². The van der Waals surface area contributed by atoms with Crippen LogP contribution in [0.15, 0.2) is 18.2 Å². The molecule has 3 aliphatic heterocycles. The zero-order valence-electron chi connectivity index (χ0n) is 14.9. The maximum absolute atomic E-state index is 12.9.